The number of thiol groups is 1. The Hall–Kier alpha value is -3.01. The predicted molar refractivity (Wildman–Crippen MR) is 112 cm³/mol. The zero-order chi connectivity index (χ0) is 21.6. The van der Waals surface area contributed by atoms with Gasteiger partial charge in [0.15, 0.2) is 17.3 Å². The second-order valence-electron chi connectivity index (χ2n) is 6.32. The maximum atomic E-state index is 12.3. The van der Waals surface area contributed by atoms with Gasteiger partial charge in [0.2, 0.25) is 0 Å². The number of aliphatic carboxylic acids is 1. The third-order valence-electron chi connectivity index (χ3n) is 4.18. The first-order valence-corrected chi connectivity index (χ1v) is 9.30. The lowest BCUT2D eigenvalue weighted by Gasteiger charge is -2.12. The summed E-state index contributed by atoms with van der Waals surface area (Å²) < 4.78 is 0. The number of Topliss-reactive ketones (excluding diaryl/α,β-unsaturated/α-hetero) is 1. The van der Waals surface area contributed by atoms with Crippen molar-refractivity contribution >= 4 is 46.9 Å². The molecule has 152 valence electrons. The number of fused-ring (bicyclic) bond motifs is 1. The number of carbonyl (C=O) groups is 4. The van der Waals surface area contributed by atoms with Crippen LogP contribution in [-0.2, 0) is 25.6 Å². The average Bonchev–Trinajstić information content (AvgIpc) is 3.12. The Morgan fingerprint density at radius 2 is 1.79 bits per heavy atom. The number of para-hydroxylation sites is 1. The number of hydrogen-bond donors (Lipinski definition) is 5. The molecule has 8 nitrogen and oxygen atoms in total. The van der Waals surface area contributed by atoms with Gasteiger partial charge in [0.25, 0.3) is 0 Å². The Labute approximate surface area is 172 Å². The number of aromatic amines is 1. The zero-order valence-corrected chi connectivity index (χ0v) is 16.3. The van der Waals surface area contributed by atoms with Crippen LogP contribution in [-0.4, -0.2) is 51.2 Å². The summed E-state index contributed by atoms with van der Waals surface area (Å²) in [5, 5.41) is 9.00. The van der Waals surface area contributed by atoms with Crippen LogP contribution in [0.5, 0.6) is 0 Å². The summed E-state index contributed by atoms with van der Waals surface area (Å²) in [6, 6.07) is 6.01. The van der Waals surface area contributed by atoms with Crippen LogP contribution in [0.25, 0.3) is 10.9 Å². The van der Waals surface area contributed by atoms with E-state index in [2.05, 4.69) is 17.6 Å². The lowest BCUT2D eigenvalue weighted by molar-refractivity contribution is -0.138. The van der Waals surface area contributed by atoms with Gasteiger partial charge in [0, 0.05) is 28.9 Å². The molecule has 0 saturated heterocycles. The molecule has 2 atom stereocenters. The molecule has 1 aliphatic rings. The molecule has 0 saturated carbocycles. The van der Waals surface area contributed by atoms with Crippen molar-refractivity contribution in [3.63, 3.8) is 0 Å². The Kier molecular flexibility index (Phi) is 7.66. The molecule has 1 aliphatic carbocycles. The van der Waals surface area contributed by atoms with Crippen LogP contribution in [0.2, 0.25) is 0 Å². The molecule has 0 radical (unpaired) electrons. The number of rotatable bonds is 6. The van der Waals surface area contributed by atoms with Crippen LogP contribution in [0.15, 0.2) is 54.3 Å². The summed E-state index contributed by atoms with van der Waals surface area (Å²) in [5.41, 5.74) is 12.6. The molecule has 0 spiro atoms. The van der Waals surface area contributed by atoms with Crippen molar-refractivity contribution in [2.24, 2.45) is 11.5 Å². The second-order valence-corrected chi connectivity index (χ2v) is 6.68. The van der Waals surface area contributed by atoms with E-state index >= 15 is 0 Å². The van der Waals surface area contributed by atoms with Crippen molar-refractivity contribution in [1.82, 2.24) is 4.98 Å². The first-order valence-electron chi connectivity index (χ1n) is 8.66. The summed E-state index contributed by atoms with van der Waals surface area (Å²) in [4.78, 5) is 48.2. The molecular weight excluding hydrogens is 394 g/mol. The standard InChI is InChI=1S/C17H14N2O3.C3H7NO2S/c18-14(17(22)13-8-11(20)5-6-16(13)21)7-10-9-19-15-4-2-1-3-12(10)15;4-2(1-7)3(5)6/h1-6,8-9,14,19H,7,18H2;2,7H,1,4H2,(H,5,6). The van der Waals surface area contributed by atoms with Crippen LogP contribution in [0.1, 0.15) is 5.56 Å². The van der Waals surface area contributed by atoms with Crippen molar-refractivity contribution < 1.29 is 24.3 Å². The number of allylic oxidation sites excluding steroid dienone is 3. The summed E-state index contributed by atoms with van der Waals surface area (Å²) in [6.07, 6.45) is 5.41. The third-order valence-corrected chi connectivity index (χ3v) is 4.58. The van der Waals surface area contributed by atoms with Gasteiger partial charge in [0.1, 0.15) is 6.04 Å². The van der Waals surface area contributed by atoms with Crippen molar-refractivity contribution in [3.8, 4) is 0 Å². The van der Waals surface area contributed by atoms with E-state index in [9.17, 15) is 19.2 Å². The molecule has 1 aromatic carbocycles. The molecule has 0 bridgehead atoms. The Balaban J connectivity index is 0.000000370. The second kappa shape index (κ2) is 9.97. The number of H-pyrrole nitrogens is 1. The third kappa shape index (κ3) is 5.74. The van der Waals surface area contributed by atoms with Gasteiger partial charge in [-0.15, -0.1) is 0 Å². The summed E-state index contributed by atoms with van der Waals surface area (Å²) >= 11 is 3.65. The SMILES string of the molecule is NC(CS)C(=O)O.NC(Cc1c[nH]c2ccccc12)C(=O)C1=CC(=O)C=CC1=O. The van der Waals surface area contributed by atoms with Crippen LogP contribution >= 0.6 is 12.6 Å². The van der Waals surface area contributed by atoms with Gasteiger partial charge < -0.3 is 21.6 Å². The first-order chi connectivity index (χ1) is 13.7. The number of carbonyl (C=O) groups excluding carboxylic acids is 3. The van der Waals surface area contributed by atoms with Crippen molar-refractivity contribution in [2.45, 2.75) is 18.5 Å². The summed E-state index contributed by atoms with van der Waals surface area (Å²) in [5.74, 6) is -2.17. The highest BCUT2D eigenvalue weighted by molar-refractivity contribution is 7.80. The van der Waals surface area contributed by atoms with Crippen LogP contribution < -0.4 is 11.5 Å². The Bertz CT molecular complexity index is 1010. The van der Waals surface area contributed by atoms with E-state index < -0.39 is 29.6 Å². The van der Waals surface area contributed by atoms with E-state index in [1.807, 2.05) is 24.3 Å². The lowest BCUT2D eigenvalue weighted by Crippen LogP contribution is -2.36. The van der Waals surface area contributed by atoms with E-state index in [4.69, 9.17) is 16.6 Å². The number of aromatic nitrogens is 1. The molecule has 29 heavy (non-hydrogen) atoms. The average molecular weight is 415 g/mol. The number of nitrogens with two attached hydrogens (primary N) is 2. The van der Waals surface area contributed by atoms with Crippen LogP contribution in [0.4, 0.5) is 0 Å². The van der Waals surface area contributed by atoms with Crippen LogP contribution in [0, 0.1) is 0 Å². The van der Waals surface area contributed by atoms with E-state index in [0.29, 0.717) is 6.42 Å². The van der Waals surface area contributed by atoms with Crippen molar-refractivity contribution in [2.75, 3.05) is 5.75 Å². The summed E-state index contributed by atoms with van der Waals surface area (Å²) in [7, 11) is 0. The normalized spacial score (nSPS) is 15.3. The summed E-state index contributed by atoms with van der Waals surface area (Å²) in [6.45, 7) is 0. The van der Waals surface area contributed by atoms with E-state index in [-0.39, 0.29) is 17.1 Å². The van der Waals surface area contributed by atoms with E-state index in [1.165, 1.54) is 0 Å². The lowest BCUT2D eigenvalue weighted by atomic mass is 9.93. The maximum absolute atomic E-state index is 12.3. The van der Waals surface area contributed by atoms with Crippen LogP contribution in [0.3, 0.4) is 0 Å². The maximum Gasteiger partial charge on any atom is 0.321 e. The topological polar surface area (TPSA) is 156 Å². The molecular formula is C20H21N3O5S. The molecule has 9 heteroatoms. The number of ketones is 3. The van der Waals surface area contributed by atoms with Crippen molar-refractivity contribution in [3.05, 3.63) is 59.8 Å². The zero-order valence-electron chi connectivity index (χ0n) is 15.4. The fraction of sp³-hybridized carbons (Fsp3) is 0.200. The largest absolute Gasteiger partial charge is 0.480 e. The minimum atomic E-state index is -1.00. The number of hydrogen-bond acceptors (Lipinski definition) is 7. The van der Waals surface area contributed by atoms with Gasteiger partial charge in [-0.1, -0.05) is 18.2 Å². The fourth-order valence-electron chi connectivity index (χ4n) is 2.61. The molecule has 0 aliphatic heterocycles. The van der Waals surface area contributed by atoms with E-state index in [1.54, 1.807) is 6.20 Å². The minimum absolute atomic E-state index is 0.139. The molecule has 1 aromatic heterocycles. The highest BCUT2D eigenvalue weighted by Gasteiger charge is 2.26. The van der Waals surface area contributed by atoms with Gasteiger partial charge in [-0.3, -0.25) is 19.2 Å². The quantitative estimate of drug-likeness (QED) is 0.262. The minimum Gasteiger partial charge on any atom is -0.480 e. The molecule has 0 amide bonds. The highest BCUT2D eigenvalue weighted by atomic mass is 32.1. The highest BCUT2D eigenvalue weighted by Crippen LogP contribution is 2.20. The van der Waals surface area contributed by atoms with Crippen molar-refractivity contribution in [1.29, 1.82) is 0 Å². The molecule has 6 N–H and O–H groups in total. The number of benzene rings is 1. The van der Waals surface area contributed by atoms with Gasteiger partial charge in [-0.25, -0.2) is 0 Å². The Morgan fingerprint density at radius 1 is 1.10 bits per heavy atom. The molecule has 0 fully saturated rings. The van der Waals surface area contributed by atoms with Gasteiger partial charge in [0.05, 0.1) is 11.6 Å². The Morgan fingerprint density at radius 3 is 2.41 bits per heavy atom. The molecule has 3 rings (SSSR count). The van der Waals surface area contributed by atoms with E-state index in [0.717, 1.165) is 34.7 Å². The molecule has 2 aromatic rings. The predicted octanol–water partition coefficient (Wildman–Crippen LogP) is 0.569. The van der Waals surface area contributed by atoms with Gasteiger partial charge in [-0.05, 0) is 30.2 Å². The van der Waals surface area contributed by atoms with Gasteiger partial charge in [-0.2, -0.15) is 12.6 Å². The first kappa shape index (κ1) is 22.3. The molecule has 1 heterocycles. The number of carboxylic acids is 1. The number of carboxylic acid groups (broad SMARTS) is 1. The molecule has 2 unspecified atom stereocenters. The fourth-order valence-corrected chi connectivity index (χ4v) is 2.77. The smallest absolute Gasteiger partial charge is 0.321 e. The monoisotopic (exact) mass is 415 g/mol. The number of nitrogens with one attached hydrogen (secondary N) is 1. The van der Waals surface area contributed by atoms with Gasteiger partial charge >= 0.3 is 5.97 Å².